The molecule has 0 bridgehead atoms. The number of benzene rings is 2. The zero-order valence-electron chi connectivity index (χ0n) is 15.1. The van der Waals surface area contributed by atoms with Crippen molar-refractivity contribution in [3.63, 3.8) is 0 Å². The molecule has 1 aliphatic heterocycles. The van der Waals surface area contributed by atoms with Crippen molar-refractivity contribution in [2.75, 3.05) is 0 Å². The SMILES string of the molecule is C=C1C[C@@](O)(C(F)(F)F)N(C(=O)c2ccc(OCc3ccc(C)cc3)cc2)N1. The second-order valence-electron chi connectivity index (χ2n) is 6.65. The molecule has 2 N–H and O–H groups in total. The molecular weight excluding hydrogens is 373 g/mol. The van der Waals surface area contributed by atoms with E-state index in [1.54, 1.807) is 0 Å². The Morgan fingerprint density at radius 1 is 1.21 bits per heavy atom. The lowest BCUT2D eigenvalue weighted by Gasteiger charge is -2.33. The van der Waals surface area contributed by atoms with Crippen LogP contribution in [0.5, 0.6) is 5.75 Å². The molecule has 0 radical (unpaired) electrons. The van der Waals surface area contributed by atoms with Gasteiger partial charge in [-0.1, -0.05) is 36.4 Å². The molecule has 2 aromatic rings. The van der Waals surface area contributed by atoms with Gasteiger partial charge in [-0.25, -0.2) is 5.01 Å². The number of nitrogens with zero attached hydrogens (tertiary/aromatic N) is 1. The van der Waals surface area contributed by atoms with Crippen LogP contribution in [0.15, 0.2) is 60.8 Å². The number of halogens is 3. The monoisotopic (exact) mass is 392 g/mol. The number of rotatable bonds is 4. The van der Waals surface area contributed by atoms with Gasteiger partial charge in [-0.15, -0.1) is 0 Å². The molecule has 1 atom stereocenters. The number of ether oxygens (including phenoxy) is 1. The lowest BCUT2D eigenvalue weighted by atomic mass is 10.1. The van der Waals surface area contributed by atoms with Crippen molar-refractivity contribution in [1.82, 2.24) is 10.4 Å². The summed E-state index contributed by atoms with van der Waals surface area (Å²) < 4.78 is 45.4. The zero-order chi connectivity index (χ0) is 20.5. The fraction of sp³-hybridized carbons (Fsp3) is 0.250. The second kappa shape index (κ2) is 7.20. The van der Waals surface area contributed by atoms with Crippen molar-refractivity contribution in [2.24, 2.45) is 0 Å². The van der Waals surface area contributed by atoms with Gasteiger partial charge >= 0.3 is 6.18 Å². The van der Waals surface area contributed by atoms with Crippen molar-refractivity contribution < 1.29 is 27.8 Å². The summed E-state index contributed by atoms with van der Waals surface area (Å²) in [5.74, 6) is -0.564. The number of hydrogen-bond acceptors (Lipinski definition) is 4. The first kappa shape index (κ1) is 19.8. The van der Waals surface area contributed by atoms with Gasteiger partial charge in [0.25, 0.3) is 11.6 Å². The van der Waals surface area contributed by atoms with Gasteiger partial charge in [0.05, 0.1) is 0 Å². The van der Waals surface area contributed by atoms with Gasteiger partial charge in [-0.05, 0) is 36.8 Å². The third-order valence-electron chi connectivity index (χ3n) is 4.38. The van der Waals surface area contributed by atoms with Crippen molar-refractivity contribution in [3.8, 4) is 5.75 Å². The van der Waals surface area contributed by atoms with Crippen LogP contribution in [-0.2, 0) is 6.61 Å². The topological polar surface area (TPSA) is 61.8 Å². The summed E-state index contributed by atoms with van der Waals surface area (Å²) in [7, 11) is 0. The van der Waals surface area contributed by atoms with Gasteiger partial charge < -0.3 is 9.84 Å². The molecule has 0 saturated carbocycles. The summed E-state index contributed by atoms with van der Waals surface area (Å²) in [6.07, 6.45) is -5.87. The molecule has 2 aromatic carbocycles. The number of carbonyl (C=O) groups excluding carboxylic acids is 1. The standard InChI is InChI=1S/C20H19F3N2O3/c1-13-3-5-15(6-4-13)12-28-17-9-7-16(8-10-17)18(26)25-19(27,20(21,22)23)11-14(2)24-25/h3-10,24,27H,2,11-12H2,1H3/t19-/m1/s1. The van der Waals surface area contributed by atoms with Crippen LogP contribution in [-0.4, -0.2) is 27.9 Å². The van der Waals surface area contributed by atoms with Crippen LogP contribution in [0.25, 0.3) is 0 Å². The summed E-state index contributed by atoms with van der Waals surface area (Å²) in [6.45, 7) is 5.67. The number of carbonyl (C=O) groups is 1. The van der Waals surface area contributed by atoms with Crippen LogP contribution < -0.4 is 10.2 Å². The highest BCUT2D eigenvalue weighted by molar-refractivity contribution is 5.94. The largest absolute Gasteiger partial charge is 0.489 e. The molecule has 148 valence electrons. The molecule has 0 spiro atoms. The Hall–Kier alpha value is -3.00. The number of aliphatic hydroxyl groups is 1. The van der Waals surface area contributed by atoms with Crippen LogP contribution in [0.2, 0.25) is 0 Å². The minimum absolute atomic E-state index is 0.0347. The number of hydrazine groups is 1. The fourth-order valence-electron chi connectivity index (χ4n) is 2.79. The minimum Gasteiger partial charge on any atom is -0.489 e. The van der Waals surface area contributed by atoms with Crippen molar-refractivity contribution in [3.05, 3.63) is 77.5 Å². The molecule has 28 heavy (non-hydrogen) atoms. The van der Waals surface area contributed by atoms with Crippen LogP contribution >= 0.6 is 0 Å². The predicted octanol–water partition coefficient (Wildman–Crippen LogP) is 3.69. The van der Waals surface area contributed by atoms with Gasteiger partial charge in [0.2, 0.25) is 0 Å². The molecule has 0 unspecified atom stereocenters. The number of alkyl halides is 3. The first-order valence-corrected chi connectivity index (χ1v) is 8.47. The van der Waals surface area contributed by atoms with Crippen molar-refractivity contribution in [2.45, 2.75) is 31.9 Å². The first-order chi connectivity index (χ1) is 13.1. The quantitative estimate of drug-likeness (QED) is 0.833. The van der Waals surface area contributed by atoms with E-state index in [0.717, 1.165) is 11.1 Å². The van der Waals surface area contributed by atoms with Gasteiger partial charge in [0, 0.05) is 17.7 Å². The molecular formula is C20H19F3N2O3. The maximum absolute atomic E-state index is 13.3. The average Bonchev–Trinajstić information content (AvgIpc) is 2.97. The maximum Gasteiger partial charge on any atom is 0.438 e. The highest BCUT2D eigenvalue weighted by atomic mass is 19.4. The third kappa shape index (κ3) is 3.82. The number of hydrogen-bond donors (Lipinski definition) is 2. The highest BCUT2D eigenvalue weighted by Gasteiger charge is 2.63. The molecule has 8 heteroatoms. The second-order valence-corrected chi connectivity index (χ2v) is 6.65. The van der Waals surface area contributed by atoms with E-state index in [9.17, 15) is 23.1 Å². The number of nitrogens with one attached hydrogen (secondary N) is 1. The molecule has 1 amide bonds. The highest BCUT2D eigenvalue weighted by Crippen LogP contribution is 2.41. The maximum atomic E-state index is 13.3. The summed E-state index contributed by atoms with van der Waals surface area (Å²) in [5.41, 5.74) is 0.805. The van der Waals surface area contributed by atoms with E-state index in [1.807, 2.05) is 31.2 Å². The smallest absolute Gasteiger partial charge is 0.438 e. The molecule has 1 heterocycles. The molecule has 0 aromatic heterocycles. The normalized spacial score (nSPS) is 19.5. The Labute approximate surface area is 160 Å². The average molecular weight is 392 g/mol. The molecule has 0 aliphatic carbocycles. The minimum atomic E-state index is -5.04. The summed E-state index contributed by atoms with van der Waals surface area (Å²) in [6, 6.07) is 13.4. The van der Waals surface area contributed by atoms with Gasteiger partial charge in [-0.2, -0.15) is 13.2 Å². The Bertz CT molecular complexity index is 879. The van der Waals surface area contributed by atoms with Crippen LogP contribution in [0.4, 0.5) is 13.2 Å². The molecule has 1 fully saturated rings. The Balaban J connectivity index is 1.71. The summed E-state index contributed by atoms with van der Waals surface area (Å²) in [5, 5.41) is 10.2. The van der Waals surface area contributed by atoms with Crippen LogP contribution in [0.3, 0.4) is 0 Å². The zero-order valence-corrected chi connectivity index (χ0v) is 15.1. The Kier molecular flexibility index (Phi) is 5.08. The summed E-state index contributed by atoms with van der Waals surface area (Å²) >= 11 is 0. The van der Waals surface area contributed by atoms with Crippen molar-refractivity contribution >= 4 is 5.91 Å². The van der Waals surface area contributed by atoms with Crippen LogP contribution in [0.1, 0.15) is 27.9 Å². The van der Waals surface area contributed by atoms with E-state index in [-0.39, 0.29) is 16.3 Å². The molecule has 1 saturated heterocycles. The number of amides is 1. The van der Waals surface area contributed by atoms with Crippen LogP contribution in [0, 0.1) is 6.92 Å². The van der Waals surface area contributed by atoms with Gasteiger partial charge in [0.1, 0.15) is 12.4 Å². The van der Waals surface area contributed by atoms with E-state index in [2.05, 4.69) is 12.0 Å². The lowest BCUT2D eigenvalue weighted by molar-refractivity contribution is -0.299. The van der Waals surface area contributed by atoms with E-state index in [4.69, 9.17) is 4.74 Å². The lowest BCUT2D eigenvalue weighted by Crippen LogP contribution is -2.59. The molecule has 1 aliphatic rings. The fourth-order valence-corrected chi connectivity index (χ4v) is 2.79. The van der Waals surface area contributed by atoms with E-state index < -0.39 is 24.2 Å². The Morgan fingerprint density at radius 2 is 1.82 bits per heavy atom. The molecule has 3 rings (SSSR count). The number of aryl methyl sites for hydroxylation is 1. The third-order valence-corrected chi connectivity index (χ3v) is 4.38. The van der Waals surface area contributed by atoms with E-state index in [0.29, 0.717) is 12.4 Å². The molecule has 5 nitrogen and oxygen atoms in total. The summed E-state index contributed by atoms with van der Waals surface area (Å²) in [4.78, 5) is 12.5. The first-order valence-electron chi connectivity index (χ1n) is 8.47. The van der Waals surface area contributed by atoms with Gasteiger partial charge in [0.15, 0.2) is 0 Å². The Morgan fingerprint density at radius 3 is 2.39 bits per heavy atom. The van der Waals surface area contributed by atoms with Gasteiger partial charge in [-0.3, -0.25) is 10.2 Å². The van der Waals surface area contributed by atoms with Crippen molar-refractivity contribution in [1.29, 1.82) is 0 Å². The predicted molar refractivity (Wildman–Crippen MR) is 96.0 cm³/mol. The van der Waals surface area contributed by atoms with E-state index >= 15 is 0 Å². The van der Waals surface area contributed by atoms with E-state index in [1.165, 1.54) is 24.3 Å².